The number of hydrogen-bond donors (Lipinski definition) is 2. The molecule has 0 bridgehead atoms. The molecule has 21 heavy (non-hydrogen) atoms. The maximum Gasteiger partial charge on any atom is 0.418 e. The van der Waals surface area contributed by atoms with Gasteiger partial charge in [-0.15, -0.1) is 0 Å². The van der Waals surface area contributed by atoms with E-state index in [0.29, 0.717) is 0 Å². The van der Waals surface area contributed by atoms with Gasteiger partial charge in [-0.3, -0.25) is 4.79 Å². The molecule has 0 atom stereocenters. The third kappa shape index (κ3) is 4.52. The summed E-state index contributed by atoms with van der Waals surface area (Å²) in [7, 11) is 0. The van der Waals surface area contributed by atoms with Crippen molar-refractivity contribution in [3.05, 3.63) is 28.8 Å². The number of carbonyl (C=O) groups is 1. The van der Waals surface area contributed by atoms with Gasteiger partial charge < -0.3 is 10.6 Å². The number of amides is 1. The summed E-state index contributed by atoms with van der Waals surface area (Å²) < 4.78 is 38.6. The molecule has 0 heterocycles. The van der Waals surface area contributed by atoms with Gasteiger partial charge in [0.25, 0.3) is 0 Å². The average Bonchev–Trinajstić information content (AvgIpc) is 2.89. The molecule has 0 radical (unpaired) electrons. The Bertz CT molecular complexity index is 513. The Labute approximate surface area is 125 Å². The van der Waals surface area contributed by atoms with E-state index in [-0.39, 0.29) is 29.2 Å². The summed E-state index contributed by atoms with van der Waals surface area (Å²) in [5, 5.41) is 5.34. The minimum Gasteiger partial charge on any atom is -0.376 e. The number of benzene rings is 1. The van der Waals surface area contributed by atoms with E-state index in [1.165, 1.54) is 12.1 Å². The van der Waals surface area contributed by atoms with E-state index in [0.717, 1.165) is 31.7 Å². The van der Waals surface area contributed by atoms with Crippen molar-refractivity contribution in [2.24, 2.45) is 0 Å². The molecule has 2 N–H and O–H groups in total. The molecule has 3 nitrogen and oxygen atoms in total. The zero-order valence-electron chi connectivity index (χ0n) is 11.3. The molecule has 1 aliphatic rings. The predicted octanol–water partition coefficient (Wildman–Crippen LogP) is 3.83. The lowest BCUT2D eigenvalue weighted by Crippen LogP contribution is -2.36. The Morgan fingerprint density at radius 2 is 1.95 bits per heavy atom. The topological polar surface area (TPSA) is 41.1 Å². The summed E-state index contributed by atoms with van der Waals surface area (Å²) in [6.07, 6.45) is -0.502. The summed E-state index contributed by atoms with van der Waals surface area (Å²) >= 11 is 5.59. The van der Waals surface area contributed by atoms with Gasteiger partial charge in [0.15, 0.2) is 0 Å². The number of alkyl halides is 3. The smallest absolute Gasteiger partial charge is 0.376 e. The van der Waals surface area contributed by atoms with E-state index in [4.69, 9.17) is 11.6 Å². The Morgan fingerprint density at radius 1 is 1.29 bits per heavy atom. The van der Waals surface area contributed by atoms with E-state index in [1.54, 1.807) is 0 Å². The summed E-state index contributed by atoms with van der Waals surface area (Å²) in [5.41, 5.74) is -1.02. The molecule has 7 heteroatoms. The minimum atomic E-state index is -4.52. The Balaban J connectivity index is 1.97. The van der Waals surface area contributed by atoms with Gasteiger partial charge in [-0.1, -0.05) is 24.4 Å². The highest BCUT2D eigenvalue weighted by molar-refractivity contribution is 6.30. The molecule has 0 saturated heterocycles. The van der Waals surface area contributed by atoms with Crippen molar-refractivity contribution in [3.8, 4) is 0 Å². The van der Waals surface area contributed by atoms with Crippen molar-refractivity contribution in [1.29, 1.82) is 0 Å². The summed E-state index contributed by atoms with van der Waals surface area (Å²) in [5.74, 6) is -0.301. The van der Waals surface area contributed by atoms with Gasteiger partial charge in [-0.25, -0.2) is 0 Å². The monoisotopic (exact) mass is 320 g/mol. The molecule has 1 aromatic carbocycles. The highest BCUT2D eigenvalue weighted by Gasteiger charge is 2.33. The first kappa shape index (κ1) is 15.9. The highest BCUT2D eigenvalue weighted by atomic mass is 35.5. The normalized spacial score (nSPS) is 16.0. The predicted molar refractivity (Wildman–Crippen MR) is 75.3 cm³/mol. The van der Waals surface area contributed by atoms with Crippen LogP contribution in [0, 0.1) is 0 Å². The molecular weight excluding hydrogens is 305 g/mol. The molecule has 0 aromatic heterocycles. The quantitative estimate of drug-likeness (QED) is 0.885. The molecule has 1 aromatic rings. The zero-order valence-corrected chi connectivity index (χ0v) is 12.0. The van der Waals surface area contributed by atoms with Gasteiger partial charge in [0, 0.05) is 16.8 Å². The Hall–Kier alpha value is -1.43. The largest absolute Gasteiger partial charge is 0.418 e. The van der Waals surface area contributed by atoms with Crippen LogP contribution in [0.5, 0.6) is 0 Å². The van der Waals surface area contributed by atoms with Gasteiger partial charge in [-0.05, 0) is 31.0 Å². The van der Waals surface area contributed by atoms with E-state index in [9.17, 15) is 18.0 Å². The van der Waals surface area contributed by atoms with Crippen LogP contribution in [0.15, 0.2) is 18.2 Å². The Morgan fingerprint density at radius 3 is 2.57 bits per heavy atom. The molecule has 1 aliphatic carbocycles. The average molecular weight is 321 g/mol. The van der Waals surface area contributed by atoms with Crippen LogP contribution in [0.25, 0.3) is 0 Å². The van der Waals surface area contributed by atoms with Gasteiger partial charge in [0.05, 0.1) is 12.1 Å². The second kappa shape index (κ2) is 6.56. The van der Waals surface area contributed by atoms with Crippen LogP contribution in [0.2, 0.25) is 5.02 Å². The summed E-state index contributed by atoms with van der Waals surface area (Å²) in [6.45, 7) is -0.193. The minimum absolute atomic E-state index is 0.00304. The molecule has 2 rings (SSSR count). The van der Waals surface area contributed by atoms with E-state index in [1.807, 2.05) is 0 Å². The van der Waals surface area contributed by atoms with Crippen LogP contribution in [-0.2, 0) is 11.0 Å². The van der Waals surface area contributed by atoms with Crippen molar-refractivity contribution in [1.82, 2.24) is 5.32 Å². The molecular formula is C14H16ClF3N2O. The molecule has 1 saturated carbocycles. The number of nitrogens with one attached hydrogen (secondary N) is 2. The van der Waals surface area contributed by atoms with Crippen molar-refractivity contribution in [2.45, 2.75) is 37.9 Å². The van der Waals surface area contributed by atoms with Crippen LogP contribution >= 0.6 is 11.6 Å². The van der Waals surface area contributed by atoms with Crippen molar-refractivity contribution < 1.29 is 18.0 Å². The molecule has 1 fully saturated rings. The summed E-state index contributed by atoms with van der Waals surface area (Å²) in [6, 6.07) is 3.58. The molecule has 0 aliphatic heterocycles. The van der Waals surface area contributed by atoms with Gasteiger partial charge in [-0.2, -0.15) is 13.2 Å². The lowest BCUT2D eigenvalue weighted by Gasteiger charge is -2.16. The van der Waals surface area contributed by atoms with E-state index >= 15 is 0 Å². The van der Waals surface area contributed by atoms with Gasteiger partial charge in [0.1, 0.15) is 0 Å². The fourth-order valence-corrected chi connectivity index (χ4v) is 2.60. The van der Waals surface area contributed by atoms with Gasteiger partial charge >= 0.3 is 6.18 Å². The fraction of sp³-hybridized carbons (Fsp3) is 0.500. The SMILES string of the molecule is O=C(CNc1ccc(Cl)cc1C(F)(F)F)NC1CCCC1. The zero-order chi connectivity index (χ0) is 15.5. The maximum atomic E-state index is 12.9. The molecule has 1 amide bonds. The first-order valence-electron chi connectivity index (χ1n) is 6.76. The lowest BCUT2D eigenvalue weighted by atomic mass is 10.1. The van der Waals surface area contributed by atoms with Gasteiger partial charge in [0.2, 0.25) is 5.91 Å². The van der Waals surface area contributed by atoms with Crippen LogP contribution in [-0.4, -0.2) is 18.5 Å². The van der Waals surface area contributed by atoms with Crippen molar-refractivity contribution >= 4 is 23.2 Å². The van der Waals surface area contributed by atoms with Crippen LogP contribution < -0.4 is 10.6 Å². The maximum absolute atomic E-state index is 12.9. The fourth-order valence-electron chi connectivity index (χ4n) is 2.43. The van der Waals surface area contributed by atoms with Crippen LogP contribution in [0.1, 0.15) is 31.2 Å². The highest BCUT2D eigenvalue weighted by Crippen LogP contribution is 2.36. The molecule has 0 unspecified atom stereocenters. The van der Waals surface area contributed by atoms with E-state index < -0.39 is 11.7 Å². The van der Waals surface area contributed by atoms with Crippen molar-refractivity contribution in [2.75, 3.05) is 11.9 Å². The summed E-state index contributed by atoms with van der Waals surface area (Å²) in [4.78, 5) is 11.7. The van der Waals surface area contributed by atoms with Crippen LogP contribution in [0.4, 0.5) is 18.9 Å². The third-order valence-electron chi connectivity index (χ3n) is 3.45. The number of carbonyl (C=O) groups excluding carboxylic acids is 1. The van der Waals surface area contributed by atoms with Crippen molar-refractivity contribution in [3.63, 3.8) is 0 Å². The number of anilines is 1. The second-order valence-corrected chi connectivity index (χ2v) is 5.53. The third-order valence-corrected chi connectivity index (χ3v) is 3.68. The first-order chi connectivity index (χ1) is 9.86. The first-order valence-corrected chi connectivity index (χ1v) is 7.14. The number of rotatable bonds is 4. The second-order valence-electron chi connectivity index (χ2n) is 5.09. The molecule has 116 valence electrons. The Kier molecular flexibility index (Phi) is 4.98. The standard InChI is InChI=1S/C14H16ClF3N2O/c15-9-5-6-12(11(7-9)14(16,17)18)19-8-13(21)20-10-3-1-2-4-10/h5-7,10,19H,1-4,8H2,(H,20,21). The van der Waals surface area contributed by atoms with E-state index in [2.05, 4.69) is 10.6 Å². The molecule has 0 spiro atoms. The number of hydrogen-bond acceptors (Lipinski definition) is 2. The van der Waals surface area contributed by atoms with Crippen LogP contribution in [0.3, 0.4) is 0 Å². The lowest BCUT2D eigenvalue weighted by molar-refractivity contribution is -0.137. The number of halogens is 4.